The van der Waals surface area contributed by atoms with Crippen LogP contribution in [0.4, 0.5) is 4.39 Å². The van der Waals surface area contributed by atoms with E-state index in [1.165, 1.54) is 13.1 Å². The molecule has 3 aliphatic rings. The quantitative estimate of drug-likeness (QED) is 0.343. The molecule has 0 bridgehead atoms. The number of halogens is 1. The fourth-order valence-electron chi connectivity index (χ4n) is 5.29. The van der Waals surface area contributed by atoms with Crippen LogP contribution in [0, 0.1) is 12.7 Å². The van der Waals surface area contributed by atoms with Crippen LogP contribution >= 0.6 is 0 Å². The number of ether oxygens (including phenoxy) is 1. The third-order valence-electron chi connectivity index (χ3n) is 7.16. The van der Waals surface area contributed by atoms with Crippen LogP contribution in [0.15, 0.2) is 16.9 Å². The lowest BCUT2D eigenvalue weighted by Gasteiger charge is -2.22. The molecule has 0 spiro atoms. The summed E-state index contributed by atoms with van der Waals surface area (Å²) < 4.78 is 21.1. The number of cyclic esters (lactones) is 1. The standard InChI is InChI=1S/C22H17FN2O4.C4H9NO2.C2H6/c1-9-10-3-2-4-11-13-7-25-17(19(13)24-16(18(10)11)6-15(9)23)5-12-14(21(25)27)8-29-22(28)20(12)26;1-5-4(7)2-3-6;1-2/h5-6,20,26H,2-4,7-8H2,1H3;6H,2-3H2,1H3,(H,5,7);1-2H3. The number of amides is 1. The van der Waals surface area contributed by atoms with E-state index in [0.29, 0.717) is 34.6 Å². The first-order valence-corrected chi connectivity index (χ1v) is 12.8. The summed E-state index contributed by atoms with van der Waals surface area (Å²) in [7, 11) is 1.54. The van der Waals surface area contributed by atoms with E-state index in [1.807, 2.05) is 13.8 Å². The Morgan fingerprint density at radius 1 is 1.18 bits per heavy atom. The van der Waals surface area contributed by atoms with Gasteiger partial charge in [-0.05, 0) is 48.9 Å². The van der Waals surface area contributed by atoms with E-state index in [-0.39, 0.29) is 42.5 Å². The van der Waals surface area contributed by atoms with Gasteiger partial charge in [0.25, 0.3) is 5.56 Å². The monoisotopic (exact) mass is 525 g/mol. The Morgan fingerprint density at radius 3 is 2.55 bits per heavy atom. The molecular weight excluding hydrogens is 493 g/mol. The molecule has 1 amide bonds. The summed E-state index contributed by atoms with van der Waals surface area (Å²) in [5.41, 5.74) is 5.86. The number of fused-ring (bicyclic) bond motifs is 5. The highest BCUT2D eigenvalue weighted by molar-refractivity contribution is 5.92. The number of rotatable bonds is 2. The second kappa shape index (κ2) is 11.0. The zero-order valence-corrected chi connectivity index (χ0v) is 22.0. The van der Waals surface area contributed by atoms with Gasteiger partial charge in [0, 0.05) is 36.0 Å². The van der Waals surface area contributed by atoms with Crippen LogP contribution in [-0.4, -0.2) is 45.3 Å². The zero-order valence-electron chi connectivity index (χ0n) is 22.0. The van der Waals surface area contributed by atoms with E-state index in [1.54, 1.807) is 17.6 Å². The Morgan fingerprint density at radius 2 is 1.89 bits per heavy atom. The number of pyridine rings is 2. The molecule has 1 unspecified atom stereocenters. The Balaban J connectivity index is 0.000000328. The van der Waals surface area contributed by atoms with E-state index >= 15 is 0 Å². The van der Waals surface area contributed by atoms with Crippen molar-refractivity contribution in [2.45, 2.75) is 65.7 Å². The number of esters is 1. The number of nitrogens with zero attached hydrogens (tertiary/aromatic N) is 2. The molecule has 3 N–H and O–H groups in total. The summed E-state index contributed by atoms with van der Waals surface area (Å²) in [6, 6.07) is 3.13. The maximum absolute atomic E-state index is 14.5. The first kappa shape index (κ1) is 27.4. The molecule has 6 rings (SSSR count). The molecule has 38 heavy (non-hydrogen) atoms. The van der Waals surface area contributed by atoms with Gasteiger partial charge in [0.05, 0.1) is 35.6 Å². The number of hydrogen-bond acceptors (Lipinski definition) is 7. The van der Waals surface area contributed by atoms with Crippen molar-refractivity contribution in [3.8, 4) is 11.4 Å². The predicted molar refractivity (Wildman–Crippen MR) is 139 cm³/mol. The van der Waals surface area contributed by atoms with Crippen LogP contribution < -0.4 is 10.9 Å². The maximum Gasteiger partial charge on any atom is 0.340 e. The molecule has 2 aliphatic heterocycles. The number of aliphatic hydroxyl groups is 2. The van der Waals surface area contributed by atoms with Gasteiger partial charge < -0.3 is 24.8 Å². The highest BCUT2D eigenvalue weighted by Crippen LogP contribution is 2.41. The lowest BCUT2D eigenvalue weighted by Crippen LogP contribution is -2.32. The van der Waals surface area contributed by atoms with Crippen LogP contribution in [0.25, 0.3) is 22.3 Å². The van der Waals surface area contributed by atoms with E-state index in [2.05, 4.69) is 5.32 Å². The van der Waals surface area contributed by atoms with Crippen LogP contribution in [0.2, 0.25) is 0 Å². The summed E-state index contributed by atoms with van der Waals surface area (Å²) in [5.74, 6) is -1.15. The molecule has 10 heteroatoms. The van der Waals surface area contributed by atoms with Crippen molar-refractivity contribution in [1.82, 2.24) is 14.9 Å². The van der Waals surface area contributed by atoms with Gasteiger partial charge in [-0.1, -0.05) is 13.8 Å². The largest absolute Gasteiger partial charge is 0.458 e. The predicted octanol–water partition coefficient (Wildman–Crippen LogP) is 2.59. The van der Waals surface area contributed by atoms with Crippen LogP contribution in [-0.2, 0) is 40.3 Å². The smallest absolute Gasteiger partial charge is 0.340 e. The van der Waals surface area contributed by atoms with Gasteiger partial charge >= 0.3 is 5.97 Å². The fraction of sp³-hybridized carbons (Fsp3) is 0.429. The highest BCUT2D eigenvalue weighted by atomic mass is 19.1. The minimum absolute atomic E-state index is 0.0698. The summed E-state index contributed by atoms with van der Waals surface area (Å²) in [6.45, 7) is 5.98. The van der Waals surface area contributed by atoms with Gasteiger partial charge in [-0.25, -0.2) is 14.2 Å². The molecule has 3 aromatic rings. The van der Waals surface area contributed by atoms with Crippen LogP contribution in [0.1, 0.15) is 66.2 Å². The molecule has 0 fully saturated rings. The molecule has 0 radical (unpaired) electrons. The highest BCUT2D eigenvalue weighted by Gasteiger charge is 2.35. The van der Waals surface area contributed by atoms with Gasteiger partial charge in [-0.15, -0.1) is 0 Å². The Bertz CT molecular complexity index is 1500. The van der Waals surface area contributed by atoms with E-state index < -0.39 is 12.1 Å². The summed E-state index contributed by atoms with van der Waals surface area (Å²) in [4.78, 5) is 39.7. The number of benzene rings is 1. The topological polar surface area (TPSA) is 131 Å². The molecule has 4 heterocycles. The summed E-state index contributed by atoms with van der Waals surface area (Å²) in [6.07, 6.45) is 1.32. The first-order chi connectivity index (χ1) is 18.3. The van der Waals surface area contributed by atoms with Crippen molar-refractivity contribution in [3.63, 3.8) is 0 Å². The molecule has 9 nitrogen and oxygen atoms in total. The fourth-order valence-corrected chi connectivity index (χ4v) is 5.29. The van der Waals surface area contributed by atoms with Crippen molar-refractivity contribution in [2.24, 2.45) is 0 Å². The third-order valence-corrected chi connectivity index (χ3v) is 7.16. The summed E-state index contributed by atoms with van der Waals surface area (Å²) in [5, 5.41) is 21.7. The number of aryl methyl sites for hydroxylation is 2. The van der Waals surface area contributed by atoms with Crippen molar-refractivity contribution >= 4 is 22.8 Å². The van der Waals surface area contributed by atoms with E-state index in [4.69, 9.17) is 14.8 Å². The van der Waals surface area contributed by atoms with Gasteiger partial charge in [-0.3, -0.25) is 9.59 Å². The average molecular weight is 526 g/mol. The van der Waals surface area contributed by atoms with E-state index in [0.717, 1.165) is 41.3 Å². The van der Waals surface area contributed by atoms with Gasteiger partial charge in [0.15, 0.2) is 6.10 Å². The van der Waals surface area contributed by atoms with Gasteiger partial charge in [0.1, 0.15) is 12.4 Å². The second-order valence-corrected chi connectivity index (χ2v) is 9.14. The Hall–Kier alpha value is -3.63. The maximum atomic E-state index is 14.5. The summed E-state index contributed by atoms with van der Waals surface area (Å²) >= 11 is 0. The number of hydrogen-bond donors (Lipinski definition) is 3. The minimum atomic E-state index is -1.48. The third kappa shape index (κ3) is 4.48. The number of aliphatic hydroxyl groups excluding tert-OH is 2. The molecule has 1 aliphatic carbocycles. The lowest BCUT2D eigenvalue weighted by atomic mass is 9.85. The normalized spacial score (nSPS) is 16.2. The van der Waals surface area contributed by atoms with Crippen molar-refractivity contribution in [2.75, 3.05) is 13.7 Å². The van der Waals surface area contributed by atoms with Gasteiger partial charge in [0.2, 0.25) is 5.91 Å². The van der Waals surface area contributed by atoms with Crippen molar-refractivity contribution in [1.29, 1.82) is 0 Å². The van der Waals surface area contributed by atoms with E-state index in [9.17, 15) is 23.9 Å². The first-order valence-electron chi connectivity index (χ1n) is 12.8. The average Bonchev–Trinajstić information content (AvgIpc) is 3.30. The van der Waals surface area contributed by atoms with Crippen LogP contribution in [0.5, 0.6) is 0 Å². The molecule has 1 aromatic carbocycles. The number of nitrogens with one attached hydrogen (secondary N) is 1. The minimum Gasteiger partial charge on any atom is -0.458 e. The van der Waals surface area contributed by atoms with Crippen LogP contribution in [0.3, 0.4) is 0 Å². The Kier molecular flexibility index (Phi) is 7.94. The molecule has 0 saturated carbocycles. The van der Waals surface area contributed by atoms with Crippen molar-refractivity contribution in [3.05, 3.63) is 61.7 Å². The molecule has 202 valence electrons. The molecule has 2 aromatic heterocycles. The molecule has 0 saturated heterocycles. The van der Waals surface area contributed by atoms with Crippen molar-refractivity contribution < 1.29 is 28.9 Å². The number of carbonyl (C=O) groups excluding carboxylic acids is 2. The number of aromatic nitrogens is 2. The molecule has 1 atom stereocenters. The second-order valence-electron chi connectivity index (χ2n) is 9.14. The van der Waals surface area contributed by atoms with Gasteiger partial charge in [-0.2, -0.15) is 0 Å². The Labute approximate surface area is 219 Å². The lowest BCUT2D eigenvalue weighted by molar-refractivity contribution is -0.157. The number of carbonyl (C=O) groups is 2. The SMILES string of the molecule is CC.CNC(=O)CCO.Cc1c(F)cc2nc3c(c4c2c1CCC4)Cn1c-3cc2c(c1=O)COC(=O)C2O. The zero-order chi connectivity index (χ0) is 27.7. The molecular formula is C28H32FN3O6.